The Morgan fingerprint density at radius 3 is 2.50 bits per heavy atom. The van der Waals surface area contributed by atoms with E-state index in [4.69, 9.17) is 4.74 Å². The fourth-order valence-electron chi connectivity index (χ4n) is 3.62. The highest BCUT2D eigenvalue weighted by Crippen LogP contribution is 2.22. The number of nitrogens with one attached hydrogen (secondary N) is 1. The summed E-state index contributed by atoms with van der Waals surface area (Å²) in [6, 6.07) is 11.7. The zero-order chi connectivity index (χ0) is 21.6. The van der Waals surface area contributed by atoms with E-state index in [1.165, 1.54) is 6.07 Å². The molecule has 6 nitrogen and oxygen atoms in total. The van der Waals surface area contributed by atoms with Crippen LogP contribution >= 0.6 is 0 Å². The molecule has 30 heavy (non-hydrogen) atoms. The van der Waals surface area contributed by atoms with Crippen LogP contribution in [0.1, 0.15) is 18.9 Å². The molecule has 0 bridgehead atoms. The van der Waals surface area contributed by atoms with Crippen molar-refractivity contribution >= 4 is 15.7 Å². The third-order valence-electron chi connectivity index (χ3n) is 5.27. The second-order valence-corrected chi connectivity index (χ2v) is 9.16. The summed E-state index contributed by atoms with van der Waals surface area (Å²) in [4.78, 5) is 4.59. The van der Waals surface area contributed by atoms with E-state index >= 15 is 0 Å². The smallest absolute Gasteiger partial charge is 0.240 e. The fourth-order valence-corrected chi connectivity index (χ4v) is 4.78. The van der Waals surface area contributed by atoms with Crippen molar-refractivity contribution in [1.82, 2.24) is 9.62 Å². The number of nitrogens with zero attached hydrogens (tertiary/aromatic N) is 2. The highest BCUT2D eigenvalue weighted by Gasteiger charge is 2.19. The molecule has 1 N–H and O–H groups in total. The van der Waals surface area contributed by atoms with Crippen molar-refractivity contribution in [2.24, 2.45) is 0 Å². The van der Waals surface area contributed by atoms with Gasteiger partial charge in [-0.15, -0.1) is 0 Å². The topological polar surface area (TPSA) is 61.9 Å². The van der Waals surface area contributed by atoms with Crippen molar-refractivity contribution in [3.63, 3.8) is 0 Å². The van der Waals surface area contributed by atoms with E-state index < -0.39 is 10.0 Å². The van der Waals surface area contributed by atoms with Gasteiger partial charge in [-0.1, -0.05) is 12.1 Å². The number of rotatable bonds is 9. The molecule has 1 heterocycles. The first-order valence-corrected chi connectivity index (χ1v) is 11.8. The summed E-state index contributed by atoms with van der Waals surface area (Å²) in [5, 5.41) is 0. The first-order valence-electron chi connectivity index (χ1n) is 10.4. The highest BCUT2D eigenvalue weighted by molar-refractivity contribution is 7.89. The van der Waals surface area contributed by atoms with Gasteiger partial charge in [-0.25, -0.2) is 17.5 Å². The van der Waals surface area contributed by atoms with Gasteiger partial charge < -0.3 is 9.64 Å². The molecule has 1 aliphatic rings. The number of ether oxygens (including phenoxy) is 1. The number of anilines is 1. The van der Waals surface area contributed by atoms with E-state index in [9.17, 15) is 12.8 Å². The number of piperazine rings is 1. The van der Waals surface area contributed by atoms with Crippen molar-refractivity contribution < 1.29 is 17.5 Å². The van der Waals surface area contributed by atoms with Crippen LogP contribution in [0, 0.1) is 12.7 Å². The minimum Gasteiger partial charge on any atom is -0.494 e. The van der Waals surface area contributed by atoms with Crippen molar-refractivity contribution in [2.45, 2.75) is 25.2 Å². The van der Waals surface area contributed by atoms with E-state index in [-0.39, 0.29) is 10.7 Å². The highest BCUT2D eigenvalue weighted by atomic mass is 32.2. The number of benzene rings is 2. The summed E-state index contributed by atoms with van der Waals surface area (Å²) in [6.45, 7) is 8.64. The summed E-state index contributed by atoms with van der Waals surface area (Å²) in [5.41, 5.74) is 1.45. The Morgan fingerprint density at radius 1 is 1.10 bits per heavy atom. The second kappa shape index (κ2) is 10.2. The third kappa shape index (κ3) is 5.71. The lowest BCUT2D eigenvalue weighted by atomic mass is 10.2. The van der Waals surface area contributed by atoms with E-state index in [0.29, 0.717) is 24.6 Å². The average Bonchev–Trinajstić information content (AvgIpc) is 2.74. The molecule has 2 aromatic carbocycles. The number of halogens is 1. The average molecular weight is 436 g/mol. The molecule has 8 heteroatoms. The van der Waals surface area contributed by atoms with Gasteiger partial charge in [0, 0.05) is 32.7 Å². The summed E-state index contributed by atoms with van der Waals surface area (Å²) >= 11 is 0. The lowest BCUT2D eigenvalue weighted by molar-refractivity contribution is 0.255. The number of hydrogen-bond donors (Lipinski definition) is 1. The van der Waals surface area contributed by atoms with E-state index in [1.54, 1.807) is 24.3 Å². The molecule has 0 spiro atoms. The molecular formula is C22H30FN3O3S. The predicted molar refractivity (Wildman–Crippen MR) is 117 cm³/mol. The second-order valence-electron chi connectivity index (χ2n) is 7.39. The van der Waals surface area contributed by atoms with Gasteiger partial charge in [0.2, 0.25) is 10.0 Å². The molecular weight excluding hydrogens is 405 g/mol. The van der Waals surface area contributed by atoms with E-state index in [2.05, 4.69) is 14.5 Å². The predicted octanol–water partition coefficient (Wildman–Crippen LogP) is 3.02. The van der Waals surface area contributed by atoms with Crippen molar-refractivity contribution in [2.75, 3.05) is 50.8 Å². The molecule has 1 saturated heterocycles. The minimum absolute atomic E-state index is 0.190. The summed E-state index contributed by atoms with van der Waals surface area (Å²) < 4.78 is 47.1. The van der Waals surface area contributed by atoms with Gasteiger partial charge in [0.05, 0.1) is 17.2 Å². The van der Waals surface area contributed by atoms with E-state index in [1.807, 2.05) is 26.0 Å². The maximum absolute atomic E-state index is 13.9. The van der Waals surface area contributed by atoms with Gasteiger partial charge in [-0.3, -0.25) is 4.90 Å². The quantitative estimate of drug-likeness (QED) is 0.614. The Bertz CT molecular complexity index is 944. The van der Waals surface area contributed by atoms with Gasteiger partial charge in [0.1, 0.15) is 11.6 Å². The van der Waals surface area contributed by atoms with Crippen molar-refractivity contribution in [3.8, 4) is 5.75 Å². The molecule has 0 unspecified atom stereocenters. The molecule has 0 saturated carbocycles. The summed E-state index contributed by atoms with van der Waals surface area (Å²) in [7, 11) is -3.54. The molecule has 0 aromatic heterocycles. The lowest BCUT2D eigenvalue weighted by Gasteiger charge is -2.36. The number of para-hydroxylation sites is 1. The molecule has 3 rings (SSSR count). The SMILES string of the molecule is CCOc1ccc(S(=O)(=O)NCCCN2CCN(c3ccccc3F)CC2)cc1C. The zero-order valence-corrected chi connectivity index (χ0v) is 18.4. The Kier molecular flexibility index (Phi) is 7.69. The lowest BCUT2D eigenvalue weighted by Crippen LogP contribution is -2.47. The maximum atomic E-state index is 13.9. The van der Waals surface area contributed by atoms with Gasteiger partial charge in [-0.2, -0.15) is 0 Å². The largest absolute Gasteiger partial charge is 0.494 e. The molecule has 164 valence electrons. The normalized spacial score (nSPS) is 15.4. The Morgan fingerprint density at radius 2 is 1.83 bits per heavy atom. The molecule has 1 fully saturated rings. The van der Waals surface area contributed by atoms with Gasteiger partial charge >= 0.3 is 0 Å². The fraction of sp³-hybridized carbons (Fsp3) is 0.455. The summed E-state index contributed by atoms with van der Waals surface area (Å²) in [6.07, 6.45) is 0.717. The van der Waals surface area contributed by atoms with Crippen molar-refractivity contribution in [3.05, 3.63) is 53.8 Å². The third-order valence-corrected chi connectivity index (χ3v) is 6.72. The first kappa shape index (κ1) is 22.5. The molecule has 0 radical (unpaired) electrons. The van der Waals surface area contributed by atoms with Crippen LogP contribution in [0.3, 0.4) is 0 Å². The molecule has 2 aromatic rings. The minimum atomic E-state index is -3.54. The number of aryl methyl sites for hydroxylation is 1. The van der Waals surface area contributed by atoms with Gasteiger partial charge in [0.25, 0.3) is 0 Å². The first-order chi connectivity index (χ1) is 14.4. The standard InChI is InChI=1S/C22H30FN3O3S/c1-3-29-22-10-9-19(17-18(22)2)30(27,28)24-11-6-12-25-13-15-26(16-14-25)21-8-5-4-7-20(21)23/h4-5,7-10,17,24H,3,6,11-16H2,1-2H3. The van der Waals surface area contributed by atoms with Crippen LogP contribution in [0.5, 0.6) is 5.75 Å². The molecule has 1 aliphatic heterocycles. The maximum Gasteiger partial charge on any atom is 0.240 e. The van der Waals surface area contributed by atoms with Gasteiger partial charge in [0.15, 0.2) is 0 Å². The van der Waals surface area contributed by atoms with Crippen LogP contribution in [-0.4, -0.2) is 59.2 Å². The molecule has 0 aliphatic carbocycles. The van der Waals surface area contributed by atoms with Crippen LogP contribution in [-0.2, 0) is 10.0 Å². The van der Waals surface area contributed by atoms with E-state index in [0.717, 1.165) is 44.7 Å². The Balaban J connectivity index is 1.43. The molecule has 0 atom stereocenters. The number of sulfonamides is 1. The number of hydrogen-bond acceptors (Lipinski definition) is 5. The van der Waals surface area contributed by atoms with Crippen LogP contribution in [0.15, 0.2) is 47.4 Å². The van der Waals surface area contributed by atoms with Crippen LogP contribution in [0.4, 0.5) is 10.1 Å². The Labute approximate surface area is 178 Å². The molecule has 0 amide bonds. The summed E-state index contributed by atoms with van der Waals surface area (Å²) in [5.74, 6) is 0.510. The van der Waals surface area contributed by atoms with Crippen LogP contribution < -0.4 is 14.4 Å². The Hall–Kier alpha value is -2.16. The van der Waals surface area contributed by atoms with Crippen LogP contribution in [0.2, 0.25) is 0 Å². The van der Waals surface area contributed by atoms with Gasteiger partial charge in [-0.05, 0) is 62.7 Å². The van der Waals surface area contributed by atoms with Crippen LogP contribution in [0.25, 0.3) is 0 Å². The van der Waals surface area contributed by atoms with Crippen molar-refractivity contribution in [1.29, 1.82) is 0 Å². The zero-order valence-electron chi connectivity index (χ0n) is 17.6. The monoisotopic (exact) mass is 435 g/mol.